The van der Waals surface area contributed by atoms with E-state index >= 15 is 0 Å². The zero-order valence-electron chi connectivity index (χ0n) is 10.7. The average Bonchev–Trinajstić information content (AvgIpc) is 2.78. The Balaban J connectivity index is 2.39. The summed E-state index contributed by atoms with van der Waals surface area (Å²) in [5.41, 5.74) is 0.853. The van der Waals surface area contributed by atoms with Crippen LogP contribution < -0.4 is 4.72 Å². The minimum atomic E-state index is -3.81. The molecule has 0 aliphatic carbocycles. The van der Waals surface area contributed by atoms with Gasteiger partial charge >= 0.3 is 0 Å². The molecule has 2 N–H and O–H groups in total. The molecule has 0 bridgehead atoms. The quantitative estimate of drug-likeness (QED) is 0.769. The molecule has 4 nitrogen and oxygen atoms in total. The van der Waals surface area contributed by atoms with Crippen molar-refractivity contribution in [3.8, 4) is 0 Å². The fourth-order valence-electron chi connectivity index (χ4n) is 1.57. The SMILES string of the molecule is Cc1cc(S(=O)(=O)Nc2cc(Cl)c(Cl)cc2Cl)sc1CO. The van der Waals surface area contributed by atoms with Crippen molar-refractivity contribution in [2.45, 2.75) is 17.7 Å². The second-order valence-electron chi connectivity index (χ2n) is 4.18. The Bertz CT molecular complexity index is 787. The maximum Gasteiger partial charge on any atom is 0.271 e. The smallest absolute Gasteiger partial charge is 0.271 e. The molecule has 0 saturated carbocycles. The number of aliphatic hydroxyl groups excluding tert-OH is 1. The van der Waals surface area contributed by atoms with Gasteiger partial charge < -0.3 is 5.11 Å². The van der Waals surface area contributed by atoms with Crippen molar-refractivity contribution in [3.05, 3.63) is 43.7 Å². The van der Waals surface area contributed by atoms with Crippen molar-refractivity contribution in [2.75, 3.05) is 4.72 Å². The highest BCUT2D eigenvalue weighted by Crippen LogP contribution is 2.34. The predicted octanol–water partition coefficient (Wildman–Crippen LogP) is 4.31. The van der Waals surface area contributed by atoms with Gasteiger partial charge in [-0.25, -0.2) is 8.42 Å². The van der Waals surface area contributed by atoms with Crippen LogP contribution in [0.25, 0.3) is 0 Å². The Hall–Kier alpha value is -0.500. The number of thiophene rings is 1. The van der Waals surface area contributed by atoms with Gasteiger partial charge in [-0.05, 0) is 30.7 Å². The van der Waals surface area contributed by atoms with E-state index in [1.807, 2.05) is 0 Å². The molecule has 0 spiro atoms. The maximum absolute atomic E-state index is 12.3. The molecule has 0 radical (unpaired) electrons. The molecule has 0 atom stereocenters. The number of aryl methyl sites for hydroxylation is 1. The Kier molecular flexibility index (Phi) is 5.07. The van der Waals surface area contributed by atoms with Gasteiger partial charge in [0.25, 0.3) is 10.0 Å². The minimum absolute atomic E-state index is 0.0891. The third kappa shape index (κ3) is 3.64. The first kappa shape index (κ1) is 16.9. The van der Waals surface area contributed by atoms with E-state index in [0.717, 1.165) is 11.3 Å². The first-order valence-electron chi connectivity index (χ1n) is 5.62. The number of anilines is 1. The molecule has 1 aromatic carbocycles. The first-order chi connectivity index (χ1) is 9.74. The Morgan fingerprint density at radius 2 is 1.76 bits per heavy atom. The molecule has 2 rings (SSSR count). The van der Waals surface area contributed by atoms with Crippen molar-refractivity contribution in [1.82, 2.24) is 0 Å². The number of hydrogen-bond donors (Lipinski definition) is 2. The molecule has 1 aromatic heterocycles. The van der Waals surface area contributed by atoms with Crippen molar-refractivity contribution in [2.24, 2.45) is 0 Å². The largest absolute Gasteiger partial charge is 0.391 e. The highest BCUT2D eigenvalue weighted by Gasteiger charge is 2.20. The van der Waals surface area contributed by atoms with E-state index in [1.165, 1.54) is 18.2 Å². The molecule has 0 unspecified atom stereocenters. The van der Waals surface area contributed by atoms with Gasteiger partial charge in [0, 0.05) is 4.88 Å². The van der Waals surface area contributed by atoms with Crippen molar-refractivity contribution >= 4 is 61.9 Å². The number of rotatable bonds is 4. The molecule has 0 aliphatic heterocycles. The molecule has 0 amide bonds. The van der Waals surface area contributed by atoms with E-state index in [1.54, 1.807) is 6.92 Å². The van der Waals surface area contributed by atoms with E-state index in [9.17, 15) is 8.42 Å². The summed E-state index contributed by atoms with van der Waals surface area (Å²) >= 11 is 18.6. The number of sulfonamides is 1. The lowest BCUT2D eigenvalue weighted by molar-refractivity contribution is 0.285. The summed E-state index contributed by atoms with van der Waals surface area (Å²) in [6.45, 7) is 1.52. The minimum Gasteiger partial charge on any atom is -0.391 e. The molecular formula is C12H10Cl3NO3S2. The molecule has 1 heterocycles. The van der Waals surface area contributed by atoms with Crippen LogP contribution in [0.2, 0.25) is 15.1 Å². The number of hydrogen-bond acceptors (Lipinski definition) is 4. The van der Waals surface area contributed by atoms with E-state index in [-0.39, 0.29) is 31.6 Å². The van der Waals surface area contributed by atoms with Gasteiger partial charge in [0.2, 0.25) is 0 Å². The van der Waals surface area contributed by atoms with E-state index in [2.05, 4.69) is 4.72 Å². The summed E-state index contributed by atoms with van der Waals surface area (Å²) < 4.78 is 27.1. The van der Waals surface area contributed by atoms with Crippen LogP contribution in [-0.4, -0.2) is 13.5 Å². The second kappa shape index (κ2) is 6.32. The van der Waals surface area contributed by atoms with Gasteiger partial charge in [-0.2, -0.15) is 0 Å². The standard InChI is InChI=1S/C12H10Cl3NO3S2/c1-6-2-12(20-11(6)5-17)21(18,19)16-10-4-8(14)7(13)3-9(10)15/h2-4,16-17H,5H2,1H3. The van der Waals surface area contributed by atoms with Crippen LogP contribution in [0.5, 0.6) is 0 Å². The Labute approximate surface area is 141 Å². The van der Waals surface area contributed by atoms with Crippen LogP contribution in [0.1, 0.15) is 10.4 Å². The predicted molar refractivity (Wildman–Crippen MR) is 87.3 cm³/mol. The monoisotopic (exact) mass is 385 g/mol. The number of benzene rings is 1. The molecule has 114 valence electrons. The van der Waals surface area contributed by atoms with Crippen molar-refractivity contribution < 1.29 is 13.5 Å². The van der Waals surface area contributed by atoms with Gasteiger partial charge in [0.15, 0.2) is 0 Å². The summed E-state index contributed by atoms with van der Waals surface area (Å²) in [6, 6.07) is 4.20. The lowest BCUT2D eigenvalue weighted by Crippen LogP contribution is -2.11. The average molecular weight is 387 g/mol. The van der Waals surface area contributed by atoms with Gasteiger partial charge in [0.05, 0.1) is 27.4 Å². The third-order valence-electron chi connectivity index (χ3n) is 2.66. The Morgan fingerprint density at radius 3 is 2.33 bits per heavy atom. The Morgan fingerprint density at radius 1 is 1.14 bits per heavy atom. The van der Waals surface area contributed by atoms with Crippen molar-refractivity contribution in [3.63, 3.8) is 0 Å². The molecule has 0 fully saturated rings. The summed E-state index contributed by atoms with van der Waals surface area (Å²) in [6.07, 6.45) is 0. The zero-order valence-corrected chi connectivity index (χ0v) is 14.6. The van der Waals surface area contributed by atoms with Crippen molar-refractivity contribution in [1.29, 1.82) is 0 Å². The fraction of sp³-hybridized carbons (Fsp3) is 0.167. The number of aliphatic hydroxyl groups is 1. The van der Waals surface area contributed by atoms with Gasteiger partial charge in [0.1, 0.15) is 4.21 Å². The van der Waals surface area contributed by atoms with Crippen LogP contribution in [0.4, 0.5) is 5.69 Å². The summed E-state index contributed by atoms with van der Waals surface area (Å²) in [5, 5.41) is 9.71. The number of nitrogens with one attached hydrogen (secondary N) is 1. The van der Waals surface area contributed by atoms with Gasteiger partial charge in [-0.1, -0.05) is 34.8 Å². The third-order valence-corrected chi connectivity index (χ3v) is 6.76. The second-order valence-corrected chi connectivity index (χ2v) is 8.45. The fourth-order valence-corrected chi connectivity index (χ4v) is 4.74. The molecule has 0 saturated heterocycles. The number of halogens is 3. The van der Waals surface area contributed by atoms with Crippen LogP contribution in [0, 0.1) is 6.92 Å². The van der Waals surface area contributed by atoms with Crippen LogP contribution >= 0.6 is 46.1 Å². The summed E-state index contributed by atoms with van der Waals surface area (Å²) in [5.74, 6) is 0. The maximum atomic E-state index is 12.3. The van der Waals surface area contributed by atoms with E-state index < -0.39 is 10.0 Å². The first-order valence-corrected chi connectivity index (χ1v) is 9.05. The normalized spacial score (nSPS) is 11.7. The topological polar surface area (TPSA) is 66.4 Å². The highest BCUT2D eigenvalue weighted by molar-refractivity contribution is 7.94. The molecular weight excluding hydrogens is 377 g/mol. The van der Waals surface area contributed by atoms with E-state index in [0.29, 0.717) is 10.4 Å². The van der Waals surface area contributed by atoms with Crippen LogP contribution in [-0.2, 0) is 16.6 Å². The summed E-state index contributed by atoms with van der Waals surface area (Å²) in [4.78, 5) is 0.593. The van der Waals surface area contributed by atoms with Gasteiger partial charge in [-0.3, -0.25) is 4.72 Å². The van der Waals surface area contributed by atoms with Crippen LogP contribution in [0.15, 0.2) is 22.4 Å². The van der Waals surface area contributed by atoms with E-state index in [4.69, 9.17) is 39.9 Å². The van der Waals surface area contributed by atoms with Crippen LogP contribution in [0.3, 0.4) is 0 Å². The lowest BCUT2D eigenvalue weighted by Gasteiger charge is -2.09. The zero-order chi connectivity index (χ0) is 15.8. The molecule has 21 heavy (non-hydrogen) atoms. The molecule has 0 aliphatic rings. The molecule has 2 aromatic rings. The highest BCUT2D eigenvalue weighted by atomic mass is 35.5. The summed E-state index contributed by atoms with van der Waals surface area (Å²) in [7, 11) is -3.81. The molecule has 9 heteroatoms. The van der Waals surface area contributed by atoms with Gasteiger partial charge in [-0.15, -0.1) is 11.3 Å². The lowest BCUT2D eigenvalue weighted by atomic mass is 10.3.